The standard InChI is InChI=1S/C18H25N3O4S/c1-23-14-11-16(25-3)15(24-2)10-12(14)8-9-17(22)20-21-18(26)19-13-6-4-5-7-13/h8-11,13H,4-7H2,1-3H3,(H,20,22)(H2,19,21,26)/b9-8+. The lowest BCUT2D eigenvalue weighted by molar-refractivity contribution is -0.116. The number of hydrogen-bond acceptors (Lipinski definition) is 5. The molecule has 0 atom stereocenters. The van der Waals surface area contributed by atoms with Crippen LogP contribution in [0.1, 0.15) is 31.2 Å². The SMILES string of the molecule is COc1cc(OC)c(OC)cc1/C=C/C(=O)NNC(=S)NC1CCCC1. The number of amides is 1. The van der Waals surface area contributed by atoms with Crippen LogP contribution in [0.2, 0.25) is 0 Å². The summed E-state index contributed by atoms with van der Waals surface area (Å²) < 4.78 is 15.8. The van der Waals surface area contributed by atoms with Gasteiger partial charge in [0.1, 0.15) is 5.75 Å². The molecule has 2 rings (SSSR count). The molecule has 26 heavy (non-hydrogen) atoms. The normalized spacial score (nSPS) is 14.1. The lowest BCUT2D eigenvalue weighted by Gasteiger charge is -2.15. The first-order valence-corrected chi connectivity index (χ1v) is 8.82. The molecule has 142 valence electrons. The van der Waals surface area contributed by atoms with Gasteiger partial charge in [-0.3, -0.25) is 15.6 Å². The monoisotopic (exact) mass is 379 g/mol. The van der Waals surface area contributed by atoms with Crippen molar-refractivity contribution in [3.8, 4) is 17.2 Å². The van der Waals surface area contributed by atoms with E-state index in [1.54, 1.807) is 39.5 Å². The number of thiocarbonyl (C=S) groups is 1. The van der Waals surface area contributed by atoms with Crippen LogP contribution in [0.15, 0.2) is 18.2 Å². The largest absolute Gasteiger partial charge is 0.496 e. The molecule has 8 heteroatoms. The van der Waals surface area contributed by atoms with Crippen molar-refractivity contribution in [1.82, 2.24) is 16.2 Å². The van der Waals surface area contributed by atoms with Crippen molar-refractivity contribution in [3.63, 3.8) is 0 Å². The van der Waals surface area contributed by atoms with E-state index >= 15 is 0 Å². The van der Waals surface area contributed by atoms with Gasteiger partial charge in [-0.25, -0.2) is 0 Å². The zero-order valence-corrected chi connectivity index (χ0v) is 16.1. The number of nitrogens with one attached hydrogen (secondary N) is 3. The highest BCUT2D eigenvalue weighted by Gasteiger charge is 2.15. The van der Waals surface area contributed by atoms with Crippen LogP contribution in [0.5, 0.6) is 17.2 Å². The van der Waals surface area contributed by atoms with Crippen LogP contribution in [0, 0.1) is 0 Å². The Hall–Kier alpha value is -2.48. The molecule has 0 aromatic heterocycles. The molecule has 0 heterocycles. The Kier molecular flexibility index (Phi) is 7.53. The Morgan fingerprint density at radius 1 is 1.04 bits per heavy atom. The highest BCUT2D eigenvalue weighted by molar-refractivity contribution is 7.80. The summed E-state index contributed by atoms with van der Waals surface area (Å²) in [7, 11) is 4.65. The van der Waals surface area contributed by atoms with Gasteiger partial charge in [0.05, 0.1) is 21.3 Å². The third-order valence-electron chi connectivity index (χ3n) is 4.14. The van der Waals surface area contributed by atoms with E-state index in [2.05, 4.69) is 16.2 Å². The van der Waals surface area contributed by atoms with Gasteiger partial charge in [-0.1, -0.05) is 12.8 Å². The zero-order chi connectivity index (χ0) is 18.9. The fourth-order valence-electron chi connectivity index (χ4n) is 2.80. The summed E-state index contributed by atoms with van der Waals surface area (Å²) in [6, 6.07) is 3.83. The second-order valence-electron chi connectivity index (χ2n) is 5.85. The molecule has 3 N–H and O–H groups in total. The summed E-state index contributed by atoms with van der Waals surface area (Å²) in [4.78, 5) is 12.0. The van der Waals surface area contributed by atoms with Gasteiger partial charge >= 0.3 is 0 Å². The zero-order valence-electron chi connectivity index (χ0n) is 15.3. The molecule has 0 aliphatic heterocycles. The second kappa shape index (κ2) is 9.86. The minimum atomic E-state index is -0.336. The van der Waals surface area contributed by atoms with Crippen molar-refractivity contribution in [2.75, 3.05) is 21.3 Å². The third kappa shape index (κ3) is 5.52. The van der Waals surface area contributed by atoms with Crippen LogP contribution in [-0.2, 0) is 4.79 Å². The number of hydrogen-bond donors (Lipinski definition) is 3. The minimum Gasteiger partial charge on any atom is -0.496 e. The first-order chi connectivity index (χ1) is 12.6. The van der Waals surface area contributed by atoms with Crippen LogP contribution in [0.25, 0.3) is 6.08 Å². The first-order valence-electron chi connectivity index (χ1n) is 8.42. The number of benzene rings is 1. The molecule has 1 aromatic carbocycles. The van der Waals surface area contributed by atoms with E-state index in [1.807, 2.05) is 0 Å². The Morgan fingerprint density at radius 3 is 2.27 bits per heavy atom. The smallest absolute Gasteiger partial charge is 0.262 e. The van der Waals surface area contributed by atoms with E-state index < -0.39 is 0 Å². The van der Waals surface area contributed by atoms with Crippen molar-refractivity contribution >= 4 is 29.3 Å². The van der Waals surface area contributed by atoms with Crippen molar-refractivity contribution in [3.05, 3.63) is 23.8 Å². The number of methoxy groups -OCH3 is 3. The van der Waals surface area contributed by atoms with Gasteiger partial charge in [-0.2, -0.15) is 0 Å². The van der Waals surface area contributed by atoms with Crippen molar-refractivity contribution < 1.29 is 19.0 Å². The molecule has 1 aromatic rings. The number of rotatable bonds is 6. The minimum absolute atomic E-state index is 0.336. The molecular weight excluding hydrogens is 354 g/mol. The number of hydrazine groups is 1. The van der Waals surface area contributed by atoms with E-state index in [1.165, 1.54) is 18.9 Å². The van der Waals surface area contributed by atoms with Gasteiger partial charge in [-0.15, -0.1) is 0 Å². The number of carbonyl (C=O) groups excluding carboxylic acids is 1. The topological polar surface area (TPSA) is 80.9 Å². The summed E-state index contributed by atoms with van der Waals surface area (Å²) in [6.07, 6.45) is 7.65. The van der Waals surface area contributed by atoms with E-state index in [-0.39, 0.29) is 5.91 Å². The lowest BCUT2D eigenvalue weighted by atomic mass is 10.1. The Morgan fingerprint density at radius 2 is 1.65 bits per heavy atom. The molecule has 1 saturated carbocycles. The molecule has 1 amide bonds. The van der Waals surface area contributed by atoms with Gasteiger partial charge in [0, 0.05) is 23.7 Å². The van der Waals surface area contributed by atoms with Crippen molar-refractivity contribution in [2.45, 2.75) is 31.7 Å². The van der Waals surface area contributed by atoms with E-state index in [9.17, 15) is 4.79 Å². The molecule has 1 aliphatic rings. The maximum absolute atomic E-state index is 12.0. The van der Waals surface area contributed by atoms with E-state index in [0.717, 1.165) is 12.8 Å². The molecular formula is C18H25N3O4S. The highest BCUT2D eigenvalue weighted by atomic mass is 32.1. The highest BCUT2D eigenvalue weighted by Crippen LogP contribution is 2.35. The van der Waals surface area contributed by atoms with Gasteiger partial charge in [0.2, 0.25) is 0 Å². The summed E-state index contributed by atoms with van der Waals surface area (Å²) in [5, 5.41) is 3.60. The average Bonchev–Trinajstić information content (AvgIpc) is 3.16. The maximum Gasteiger partial charge on any atom is 0.262 e. The van der Waals surface area contributed by atoms with Gasteiger partial charge in [-0.05, 0) is 37.2 Å². The molecule has 0 unspecified atom stereocenters. The van der Waals surface area contributed by atoms with E-state index in [0.29, 0.717) is 34.0 Å². The predicted molar refractivity (Wildman–Crippen MR) is 104 cm³/mol. The maximum atomic E-state index is 12.0. The average molecular weight is 379 g/mol. The quantitative estimate of drug-likeness (QED) is 0.397. The van der Waals surface area contributed by atoms with Gasteiger partial charge in [0.25, 0.3) is 5.91 Å². The Bertz CT molecular complexity index is 673. The third-order valence-corrected chi connectivity index (χ3v) is 4.36. The summed E-state index contributed by atoms with van der Waals surface area (Å²) >= 11 is 5.18. The van der Waals surface area contributed by atoms with Crippen LogP contribution in [0.4, 0.5) is 0 Å². The van der Waals surface area contributed by atoms with Crippen LogP contribution in [-0.4, -0.2) is 38.4 Å². The molecule has 7 nitrogen and oxygen atoms in total. The van der Waals surface area contributed by atoms with Gasteiger partial charge < -0.3 is 19.5 Å². The van der Waals surface area contributed by atoms with E-state index in [4.69, 9.17) is 26.4 Å². The Balaban J connectivity index is 1.93. The van der Waals surface area contributed by atoms with Crippen molar-refractivity contribution in [2.24, 2.45) is 0 Å². The molecule has 0 saturated heterocycles. The first kappa shape index (κ1) is 19.8. The summed E-state index contributed by atoms with van der Waals surface area (Å²) in [5.41, 5.74) is 5.93. The molecule has 1 fully saturated rings. The predicted octanol–water partition coefficient (Wildman–Crippen LogP) is 2.16. The molecule has 1 aliphatic carbocycles. The fourth-order valence-corrected chi connectivity index (χ4v) is 3.02. The molecule has 0 bridgehead atoms. The Labute approximate surface area is 159 Å². The second-order valence-corrected chi connectivity index (χ2v) is 6.26. The molecule has 0 radical (unpaired) electrons. The van der Waals surface area contributed by atoms with Crippen LogP contribution >= 0.6 is 12.2 Å². The summed E-state index contributed by atoms with van der Waals surface area (Å²) in [6.45, 7) is 0. The molecule has 0 spiro atoms. The summed E-state index contributed by atoms with van der Waals surface area (Å²) in [5.74, 6) is 1.33. The van der Waals surface area contributed by atoms with Crippen LogP contribution < -0.4 is 30.4 Å². The van der Waals surface area contributed by atoms with Crippen LogP contribution in [0.3, 0.4) is 0 Å². The number of ether oxygens (including phenoxy) is 3. The lowest BCUT2D eigenvalue weighted by Crippen LogP contribution is -2.48. The van der Waals surface area contributed by atoms with Crippen molar-refractivity contribution in [1.29, 1.82) is 0 Å². The number of carbonyl (C=O) groups is 1. The fraction of sp³-hybridized carbons (Fsp3) is 0.444. The van der Waals surface area contributed by atoms with Gasteiger partial charge in [0.15, 0.2) is 16.6 Å².